The third-order valence-corrected chi connectivity index (χ3v) is 6.42. The maximum Gasteiger partial charge on any atom is 0.243 e. The third-order valence-electron chi connectivity index (χ3n) is 4.54. The summed E-state index contributed by atoms with van der Waals surface area (Å²) in [7, 11) is -3.96. The molecule has 10 heteroatoms. The van der Waals surface area contributed by atoms with Gasteiger partial charge in [-0.1, -0.05) is 0 Å². The van der Waals surface area contributed by atoms with Crippen LogP contribution in [0.4, 0.5) is 14.6 Å². The number of nitrogens with zero attached hydrogens (tertiary/aromatic N) is 5. The second-order valence-electron chi connectivity index (χ2n) is 6.34. The molecule has 7 nitrogen and oxygen atoms in total. The molecule has 4 rings (SSSR count). The molecule has 0 bridgehead atoms. The molecule has 2 aromatic heterocycles. The first kappa shape index (κ1) is 18.5. The summed E-state index contributed by atoms with van der Waals surface area (Å²) in [6.45, 7) is 1.16. The van der Waals surface area contributed by atoms with Crippen LogP contribution in [-0.4, -0.2) is 53.7 Å². The largest absolute Gasteiger partial charge is 0.352 e. The summed E-state index contributed by atoms with van der Waals surface area (Å²) in [5.41, 5.74) is 0. The molecule has 0 radical (unpaired) electrons. The minimum atomic E-state index is -3.96. The van der Waals surface area contributed by atoms with E-state index in [1.54, 1.807) is 0 Å². The Morgan fingerprint density at radius 1 is 0.821 bits per heavy atom. The molecule has 28 heavy (non-hydrogen) atoms. The summed E-state index contributed by atoms with van der Waals surface area (Å²) < 4.78 is 55.2. The summed E-state index contributed by atoms with van der Waals surface area (Å²) >= 11 is 0. The van der Waals surface area contributed by atoms with Gasteiger partial charge in [0, 0.05) is 44.6 Å². The molecule has 3 heterocycles. The molecule has 0 saturated carbocycles. The van der Waals surface area contributed by atoms with Crippen LogP contribution < -0.4 is 4.90 Å². The zero-order chi connectivity index (χ0) is 19.7. The van der Waals surface area contributed by atoms with Crippen molar-refractivity contribution < 1.29 is 17.2 Å². The van der Waals surface area contributed by atoms with E-state index in [0.29, 0.717) is 30.8 Å². The van der Waals surface area contributed by atoms with E-state index in [4.69, 9.17) is 0 Å². The lowest BCUT2D eigenvalue weighted by Crippen LogP contribution is -2.49. The van der Waals surface area contributed by atoms with Crippen molar-refractivity contribution in [3.05, 3.63) is 66.5 Å². The third kappa shape index (κ3) is 3.60. The molecule has 0 N–H and O–H groups in total. The maximum atomic E-state index is 13.4. The highest BCUT2D eigenvalue weighted by molar-refractivity contribution is 7.89. The van der Waals surface area contributed by atoms with Gasteiger partial charge in [-0.25, -0.2) is 17.2 Å². The zero-order valence-corrected chi connectivity index (χ0v) is 15.6. The van der Waals surface area contributed by atoms with Crippen LogP contribution in [0.5, 0.6) is 0 Å². The number of anilines is 1. The molecule has 0 unspecified atom stereocenters. The SMILES string of the molecule is O=S(=O)(c1cc(F)cc(F)c1)N1CCN(c2ccc(-n3cccc3)nn2)CC1. The van der Waals surface area contributed by atoms with E-state index in [0.717, 1.165) is 12.1 Å². The molecule has 1 aliphatic rings. The Kier molecular flexibility index (Phi) is 4.82. The first-order valence-electron chi connectivity index (χ1n) is 8.62. The van der Waals surface area contributed by atoms with Crippen LogP contribution in [0.15, 0.2) is 59.8 Å². The fourth-order valence-electron chi connectivity index (χ4n) is 3.10. The minimum Gasteiger partial charge on any atom is -0.352 e. The van der Waals surface area contributed by atoms with Crippen LogP contribution in [0.2, 0.25) is 0 Å². The fourth-order valence-corrected chi connectivity index (χ4v) is 4.56. The van der Waals surface area contributed by atoms with Crippen molar-refractivity contribution in [2.75, 3.05) is 31.1 Å². The van der Waals surface area contributed by atoms with Crippen LogP contribution in [0.1, 0.15) is 0 Å². The number of piperazine rings is 1. The van der Waals surface area contributed by atoms with E-state index in [2.05, 4.69) is 10.2 Å². The summed E-state index contributed by atoms with van der Waals surface area (Å²) in [5, 5.41) is 8.40. The van der Waals surface area contributed by atoms with Crippen LogP contribution in [0, 0.1) is 11.6 Å². The van der Waals surface area contributed by atoms with E-state index < -0.39 is 21.7 Å². The smallest absolute Gasteiger partial charge is 0.243 e. The Balaban J connectivity index is 1.45. The number of rotatable bonds is 4. The molecule has 0 aliphatic carbocycles. The average Bonchev–Trinajstić information content (AvgIpc) is 3.22. The van der Waals surface area contributed by atoms with Crippen LogP contribution in [0.3, 0.4) is 0 Å². The number of sulfonamides is 1. The first-order valence-corrected chi connectivity index (χ1v) is 10.1. The van der Waals surface area contributed by atoms with Gasteiger partial charge >= 0.3 is 0 Å². The molecule has 1 fully saturated rings. The average molecular weight is 405 g/mol. The van der Waals surface area contributed by atoms with E-state index in [9.17, 15) is 17.2 Å². The van der Waals surface area contributed by atoms with Crippen LogP contribution in [0.25, 0.3) is 5.82 Å². The van der Waals surface area contributed by atoms with Gasteiger partial charge < -0.3 is 9.47 Å². The van der Waals surface area contributed by atoms with Crippen molar-refractivity contribution in [1.29, 1.82) is 0 Å². The highest BCUT2D eigenvalue weighted by atomic mass is 32.2. The normalized spacial score (nSPS) is 15.7. The van der Waals surface area contributed by atoms with Crippen molar-refractivity contribution >= 4 is 15.8 Å². The standard InChI is InChI=1S/C18H17F2N5O2S/c19-14-11-15(20)13-16(12-14)28(26,27)25-9-7-24(8-10-25)18-4-3-17(21-22-18)23-5-1-2-6-23/h1-6,11-13H,7-10H2. The van der Waals surface area contributed by atoms with Crippen molar-refractivity contribution in [1.82, 2.24) is 19.1 Å². The highest BCUT2D eigenvalue weighted by Gasteiger charge is 2.29. The quantitative estimate of drug-likeness (QED) is 0.665. The van der Waals surface area contributed by atoms with E-state index in [1.165, 1.54) is 4.31 Å². The molecule has 0 amide bonds. The number of aromatic nitrogens is 3. The van der Waals surface area contributed by atoms with Crippen molar-refractivity contribution in [3.8, 4) is 5.82 Å². The molecule has 146 valence electrons. The van der Waals surface area contributed by atoms with Gasteiger partial charge in [-0.05, 0) is 36.4 Å². The lowest BCUT2D eigenvalue weighted by molar-refractivity contribution is 0.383. The van der Waals surface area contributed by atoms with Gasteiger partial charge in [-0.2, -0.15) is 4.31 Å². The van der Waals surface area contributed by atoms with Crippen molar-refractivity contribution in [3.63, 3.8) is 0 Å². The Morgan fingerprint density at radius 2 is 1.39 bits per heavy atom. The number of hydrogen-bond acceptors (Lipinski definition) is 5. The summed E-state index contributed by atoms with van der Waals surface area (Å²) in [6, 6.07) is 9.74. The molecule has 1 aliphatic heterocycles. The Labute approximate surface area is 160 Å². The summed E-state index contributed by atoms with van der Waals surface area (Å²) in [5.74, 6) is -0.515. The maximum absolute atomic E-state index is 13.4. The second kappa shape index (κ2) is 7.28. The lowest BCUT2D eigenvalue weighted by atomic mass is 10.3. The number of halogens is 2. The van der Waals surface area contributed by atoms with Gasteiger partial charge in [0.25, 0.3) is 0 Å². The zero-order valence-electron chi connectivity index (χ0n) is 14.7. The fraction of sp³-hybridized carbons (Fsp3) is 0.222. The predicted octanol–water partition coefficient (Wildman–Crippen LogP) is 2.06. The Bertz CT molecular complexity index is 1040. The molecule has 0 spiro atoms. The second-order valence-corrected chi connectivity index (χ2v) is 8.27. The Hall–Kier alpha value is -2.85. The first-order chi connectivity index (χ1) is 13.4. The van der Waals surface area contributed by atoms with Crippen LogP contribution >= 0.6 is 0 Å². The van der Waals surface area contributed by atoms with Crippen LogP contribution in [-0.2, 0) is 10.0 Å². The van der Waals surface area contributed by atoms with E-state index in [1.807, 2.05) is 46.1 Å². The monoisotopic (exact) mass is 405 g/mol. The molecular formula is C18H17F2N5O2S. The highest BCUT2D eigenvalue weighted by Crippen LogP contribution is 2.21. The summed E-state index contributed by atoms with van der Waals surface area (Å²) in [6.07, 6.45) is 3.73. The Morgan fingerprint density at radius 3 is 1.96 bits per heavy atom. The van der Waals surface area contributed by atoms with E-state index in [-0.39, 0.29) is 18.0 Å². The van der Waals surface area contributed by atoms with Gasteiger partial charge in [0.2, 0.25) is 10.0 Å². The van der Waals surface area contributed by atoms with Crippen molar-refractivity contribution in [2.24, 2.45) is 0 Å². The number of hydrogen-bond donors (Lipinski definition) is 0. The predicted molar refractivity (Wildman–Crippen MR) is 98.7 cm³/mol. The van der Waals surface area contributed by atoms with Gasteiger partial charge in [0.05, 0.1) is 4.90 Å². The number of benzene rings is 1. The topological polar surface area (TPSA) is 71.3 Å². The lowest BCUT2D eigenvalue weighted by Gasteiger charge is -2.34. The molecule has 3 aromatic rings. The molecule has 0 atom stereocenters. The molecular weight excluding hydrogens is 388 g/mol. The van der Waals surface area contributed by atoms with E-state index >= 15 is 0 Å². The molecule has 1 aromatic carbocycles. The minimum absolute atomic E-state index is 0.182. The van der Waals surface area contributed by atoms with Crippen molar-refractivity contribution in [2.45, 2.75) is 4.90 Å². The van der Waals surface area contributed by atoms with Gasteiger partial charge in [0.1, 0.15) is 11.6 Å². The van der Waals surface area contributed by atoms with Gasteiger partial charge in [-0.15, -0.1) is 10.2 Å². The van der Waals surface area contributed by atoms with Gasteiger partial charge in [0.15, 0.2) is 11.6 Å². The summed E-state index contributed by atoms with van der Waals surface area (Å²) in [4.78, 5) is 1.54. The van der Waals surface area contributed by atoms with Gasteiger partial charge in [-0.3, -0.25) is 0 Å². The molecule has 1 saturated heterocycles.